The monoisotopic (exact) mass is 339 g/mol. The van der Waals surface area contributed by atoms with Gasteiger partial charge in [0.2, 0.25) is 5.91 Å². The van der Waals surface area contributed by atoms with Crippen molar-refractivity contribution in [1.29, 1.82) is 0 Å². The van der Waals surface area contributed by atoms with Gasteiger partial charge in [-0.2, -0.15) is 0 Å². The molecule has 0 aliphatic carbocycles. The number of Topliss-reactive ketones (excluding diaryl/α,β-unsaturated/α-hetero) is 1. The average Bonchev–Trinajstić information content (AvgIpc) is 2.65. The number of nitrogens with zero attached hydrogens (tertiary/aromatic N) is 1. The molecule has 0 unspecified atom stereocenters. The van der Waals surface area contributed by atoms with Crippen molar-refractivity contribution in [3.63, 3.8) is 0 Å². The molecule has 2 aromatic carbocycles. The Hall–Kier alpha value is -2.89. The molecule has 1 aliphatic heterocycles. The Balaban J connectivity index is 1.75. The largest absolute Gasteiger partial charge is 0.352 e. The Bertz CT molecular complexity index is 813. The first-order valence-electron chi connectivity index (χ1n) is 8.39. The van der Waals surface area contributed by atoms with Gasteiger partial charge in [-0.1, -0.05) is 42.5 Å². The Kier molecular flexibility index (Phi) is 4.97. The van der Waals surface area contributed by atoms with Crippen molar-refractivity contribution in [1.82, 2.24) is 10.2 Å². The maximum absolute atomic E-state index is 13.0. The highest BCUT2D eigenvalue weighted by atomic mass is 16.2. The zero-order valence-electron chi connectivity index (χ0n) is 13.9. The van der Waals surface area contributed by atoms with E-state index in [1.807, 2.05) is 42.5 Å². The van der Waals surface area contributed by atoms with E-state index in [0.29, 0.717) is 18.7 Å². The first-order valence-corrected chi connectivity index (χ1v) is 8.39. The summed E-state index contributed by atoms with van der Waals surface area (Å²) in [4.78, 5) is 37.6. The third-order valence-electron chi connectivity index (χ3n) is 4.61. The van der Waals surface area contributed by atoms with Gasteiger partial charge in [-0.15, -0.1) is 0 Å². The molecule has 6 heteroatoms. The van der Waals surface area contributed by atoms with Gasteiger partial charge in [0.25, 0.3) is 0 Å². The minimum atomic E-state index is -0.728. The van der Waals surface area contributed by atoms with Gasteiger partial charge in [0.05, 0.1) is 6.54 Å². The third-order valence-corrected chi connectivity index (χ3v) is 4.61. The standard InChI is InChI=1S/C19H21N3O3/c20-19(25)21-11-17(23)22-10-4-7-14(12-22)18(24)16-9-3-6-13-5-1-2-8-15(13)16/h1-3,5-6,8-9,14H,4,7,10-12H2,(H3,20,21,25)/t14-/m1/s1. The van der Waals surface area contributed by atoms with Crippen LogP contribution in [0.5, 0.6) is 0 Å². The second kappa shape index (κ2) is 7.34. The van der Waals surface area contributed by atoms with Gasteiger partial charge in [0, 0.05) is 24.6 Å². The molecule has 0 bridgehead atoms. The molecule has 25 heavy (non-hydrogen) atoms. The number of primary amides is 1. The molecule has 0 saturated carbocycles. The number of hydrogen-bond acceptors (Lipinski definition) is 3. The fourth-order valence-electron chi connectivity index (χ4n) is 3.35. The van der Waals surface area contributed by atoms with Crippen molar-refractivity contribution in [3.8, 4) is 0 Å². The molecule has 1 aliphatic rings. The summed E-state index contributed by atoms with van der Waals surface area (Å²) in [7, 11) is 0. The maximum atomic E-state index is 13.0. The van der Waals surface area contributed by atoms with Gasteiger partial charge in [-0.25, -0.2) is 4.79 Å². The van der Waals surface area contributed by atoms with Crippen molar-refractivity contribution in [2.45, 2.75) is 12.8 Å². The van der Waals surface area contributed by atoms with Crippen molar-refractivity contribution >= 4 is 28.5 Å². The van der Waals surface area contributed by atoms with Gasteiger partial charge < -0.3 is 16.0 Å². The summed E-state index contributed by atoms with van der Waals surface area (Å²) in [5.74, 6) is -0.372. The minimum Gasteiger partial charge on any atom is -0.352 e. The number of urea groups is 1. The zero-order chi connectivity index (χ0) is 17.8. The third kappa shape index (κ3) is 3.79. The highest BCUT2D eigenvalue weighted by Crippen LogP contribution is 2.25. The SMILES string of the molecule is NC(=O)NCC(=O)N1CCC[C@@H](C(=O)c2cccc3ccccc23)C1. The van der Waals surface area contributed by atoms with E-state index < -0.39 is 6.03 Å². The van der Waals surface area contributed by atoms with Gasteiger partial charge in [0.15, 0.2) is 5.78 Å². The van der Waals surface area contributed by atoms with E-state index in [-0.39, 0.29) is 24.2 Å². The van der Waals surface area contributed by atoms with E-state index in [9.17, 15) is 14.4 Å². The molecular weight excluding hydrogens is 318 g/mol. The van der Waals surface area contributed by atoms with Crippen molar-refractivity contribution in [3.05, 3.63) is 48.0 Å². The van der Waals surface area contributed by atoms with Gasteiger partial charge in [-0.05, 0) is 23.6 Å². The molecule has 1 heterocycles. The van der Waals surface area contributed by atoms with Crippen molar-refractivity contribution < 1.29 is 14.4 Å². The van der Waals surface area contributed by atoms with Crippen LogP contribution >= 0.6 is 0 Å². The lowest BCUT2D eigenvalue weighted by molar-refractivity contribution is -0.131. The molecule has 3 N–H and O–H groups in total. The van der Waals surface area contributed by atoms with E-state index in [4.69, 9.17) is 5.73 Å². The molecule has 1 atom stereocenters. The number of carbonyl (C=O) groups is 3. The number of piperidine rings is 1. The molecule has 3 rings (SSSR count). The predicted molar refractivity (Wildman–Crippen MR) is 95.2 cm³/mol. The molecule has 1 saturated heterocycles. The van der Waals surface area contributed by atoms with Crippen LogP contribution < -0.4 is 11.1 Å². The molecule has 130 valence electrons. The predicted octanol–water partition coefficient (Wildman–Crippen LogP) is 1.93. The topological polar surface area (TPSA) is 92.5 Å². The summed E-state index contributed by atoms with van der Waals surface area (Å²) in [5.41, 5.74) is 5.70. The van der Waals surface area contributed by atoms with Crippen LogP contribution in [-0.4, -0.2) is 42.3 Å². The maximum Gasteiger partial charge on any atom is 0.312 e. The number of amides is 3. The van der Waals surface area contributed by atoms with E-state index in [2.05, 4.69) is 5.32 Å². The molecular formula is C19H21N3O3. The van der Waals surface area contributed by atoms with E-state index >= 15 is 0 Å². The second-order valence-electron chi connectivity index (χ2n) is 6.29. The highest BCUT2D eigenvalue weighted by Gasteiger charge is 2.29. The molecule has 0 radical (unpaired) electrons. The molecule has 0 spiro atoms. The first kappa shape index (κ1) is 17.0. The fraction of sp³-hybridized carbons (Fsp3) is 0.316. The Labute approximate surface area is 146 Å². The molecule has 3 amide bonds. The van der Waals surface area contributed by atoms with Gasteiger partial charge in [-0.3, -0.25) is 9.59 Å². The first-order chi connectivity index (χ1) is 12.1. The lowest BCUT2D eigenvalue weighted by Crippen LogP contribution is -2.47. The fourth-order valence-corrected chi connectivity index (χ4v) is 3.35. The number of nitrogens with one attached hydrogen (secondary N) is 1. The molecule has 6 nitrogen and oxygen atoms in total. The Morgan fingerprint density at radius 3 is 2.68 bits per heavy atom. The summed E-state index contributed by atoms with van der Waals surface area (Å²) < 4.78 is 0. The zero-order valence-corrected chi connectivity index (χ0v) is 13.9. The number of hydrogen-bond donors (Lipinski definition) is 2. The van der Waals surface area contributed by atoms with Crippen LogP contribution in [0.2, 0.25) is 0 Å². The number of carbonyl (C=O) groups excluding carboxylic acids is 3. The van der Waals surface area contributed by atoms with Crippen molar-refractivity contribution in [2.75, 3.05) is 19.6 Å². The smallest absolute Gasteiger partial charge is 0.312 e. The van der Waals surface area contributed by atoms with Gasteiger partial charge >= 0.3 is 6.03 Å². The van der Waals surface area contributed by atoms with Gasteiger partial charge in [0.1, 0.15) is 0 Å². The number of rotatable bonds is 4. The minimum absolute atomic E-state index is 0.0668. The summed E-state index contributed by atoms with van der Waals surface area (Å²) in [5, 5.41) is 4.27. The quantitative estimate of drug-likeness (QED) is 0.834. The summed E-state index contributed by atoms with van der Waals surface area (Å²) in [6.07, 6.45) is 1.53. The lowest BCUT2D eigenvalue weighted by atomic mass is 9.88. The Morgan fingerprint density at radius 2 is 1.88 bits per heavy atom. The van der Waals surface area contributed by atoms with Crippen molar-refractivity contribution in [2.24, 2.45) is 11.7 Å². The number of nitrogens with two attached hydrogens (primary N) is 1. The average molecular weight is 339 g/mol. The van der Waals surface area contributed by atoms with Crippen LogP contribution in [0, 0.1) is 5.92 Å². The lowest BCUT2D eigenvalue weighted by Gasteiger charge is -2.32. The van der Waals surface area contributed by atoms with Crippen LogP contribution in [0.25, 0.3) is 10.8 Å². The van der Waals surface area contributed by atoms with Crippen LogP contribution in [0.3, 0.4) is 0 Å². The summed E-state index contributed by atoms with van der Waals surface area (Å²) >= 11 is 0. The van der Waals surface area contributed by atoms with E-state index in [0.717, 1.165) is 23.6 Å². The number of likely N-dealkylation sites (tertiary alicyclic amines) is 1. The number of benzene rings is 2. The Morgan fingerprint density at radius 1 is 1.12 bits per heavy atom. The second-order valence-corrected chi connectivity index (χ2v) is 6.29. The molecule has 2 aromatic rings. The summed E-state index contributed by atoms with van der Waals surface area (Å²) in [6, 6.07) is 12.8. The summed E-state index contributed by atoms with van der Waals surface area (Å²) in [6.45, 7) is 0.838. The molecule has 1 fully saturated rings. The number of ketones is 1. The van der Waals surface area contributed by atoms with Crippen LogP contribution in [-0.2, 0) is 4.79 Å². The van der Waals surface area contributed by atoms with Crippen LogP contribution in [0.1, 0.15) is 23.2 Å². The normalized spacial score (nSPS) is 17.3. The molecule has 0 aromatic heterocycles. The number of fused-ring (bicyclic) bond motifs is 1. The van der Waals surface area contributed by atoms with Crippen LogP contribution in [0.15, 0.2) is 42.5 Å². The van der Waals surface area contributed by atoms with E-state index in [1.54, 1.807) is 4.90 Å². The van der Waals surface area contributed by atoms with E-state index in [1.165, 1.54) is 0 Å². The highest BCUT2D eigenvalue weighted by molar-refractivity contribution is 6.09. The van der Waals surface area contributed by atoms with Crippen LogP contribution in [0.4, 0.5) is 4.79 Å².